The minimum atomic E-state index is -0.394. The first-order valence-electron chi connectivity index (χ1n) is 7.33. The predicted molar refractivity (Wildman–Crippen MR) is 88.1 cm³/mol. The molecule has 2 heterocycles. The second-order valence-corrected chi connectivity index (χ2v) is 5.60. The Bertz CT molecular complexity index is 784. The fourth-order valence-electron chi connectivity index (χ4n) is 2.88. The summed E-state index contributed by atoms with van der Waals surface area (Å²) in [6.07, 6.45) is -0.394. The Labute approximate surface area is 129 Å². The van der Waals surface area contributed by atoms with E-state index in [0.29, 0.717) is 12.1 Å². The molecule has 5 heteroatoms. The predicted octanol–water partition coefficient (Wildman–Crippen LogP) is 0.874. The van der Waals surface area contributed by atoms with Gasteiger partial charge in [0.1, 0.15) is 13.6 Å². The number of carbonyl (C=O) groups is 1. The Morgan fingerprint density at radius 1 is 1.09 bits per heavy atom. The molecular formula is C17H15BN2O2. The van der Waals surface area contributed by atoms with Crippen LogP contribution in [0.5, 0.6) is 5.75 Å². The zero-order valence-electron chi connectivity index (χ0n) is 12.2. The van der Waals surface area contributed by atoms with Crippen molar-refractivity contribution in [2.75, 3.05) is 11.9 Å². The van der Waals surface area contributed by atoms with Crippen molar-refractivity contribution >= 4 is 24.9 Å². The topological polar surface area (TPSA) is 50.4 Å². The van der Waals surface area contributed by atoms with Gasteiger partial charge in [0.05, 0.1) is 17.8 Å². The molecule has 4 rings (SSSR count). The Morgan fingerprint density at radius 2 is 1.86 bits per heavy atom. The highest BCUT2D eigenvalue weighted by Crippen LogP contribution is 2.39. The molecule has 1 unspecified atom stereocenters. The number of ether oxygens (including phenoxy) is 1. The van der Waals surface area contributed by atoms with Crippen LogP contribution in [0.1, 0.15) is 11.7 Å². The van der Waals surface area contributed by atoms with Crippen LogP contribution in [0, 0.1) is 0 Å². The van der Waals surface area contributed by atoms with Crippen LogP contribution in [0.15, 0.2) is 59.8 Å². The van der Waals surface area contributed by atoms with Gasteiger partial charge in [0.25, 0.3) is 5.91 Å². The number of anilines is 1. The van der Waals surface area contributed by atoms with E-state index in [4.69, 9.17) is 4.74 Å². The molecule has 0 aromatic heterocycles. The maximum absolute atomic E-state index is 12.3. The van der Waals surface area contributed by atoms with Gasteiger partial charge in [0.2, 0.25) is 0 Å². The Morgan fingerprint density at radius 3 is 2.68 bits per heavy atom. The van der Waals surface area contributed by atoms with E-state index in [2.05, 4.69) is 10.6 Å². The van der Waals surface area contributed by atoms with Gasteiger partial charge in [-0.05, 0) is 17.7 Å². The number of fused-ring (bicyclic) bond motifs is 1. The van der Waals surface area contributed by atoms with Crippen LogP contribution in [-0.2, 0) is 4.79 Å². The average Bonchev–Trinajstić information content (AvgIpc) is 2.79. The smallest absolute Gasteiger partial charge is 0.253 e. The van der Waals surface area contributed by atoms with Crippen LogP contribution < -0.4 is 20.8 Å². The van der Waals surface area contributed by atoms with Crippen LogP contribution in [0.2, 0.25) is 0 Å². The van der Waals surface area contributed by atoms with Crippen molar-refractivity contribution in [3.05, 3.63) is 65.4 Å². The van der Waals surface area contributed by atoms with Gasteiger partial charge in [-0.3, -0.25) is 4.79 Å². The van der Waals surface area contributed by atoms with Crippen molar-refractivity contribution in [3.63, 3.8) is 0 Å². The van der Waals surface area contributed by atoms with Gasteiger partial charge in [-0.15, -0.1) is 0 Å². The number of rotatable bonds is 1. The number of hydrogen-bond donors (Lipinski definition) is 2. The third-order valence-electron chi connectivity index (χ3n) is 4.06. The van der Waals surface area contributed by atoms with Gasteiger partial charge < -0.3 is 15.4 Å². The van der Waals surface area contributed by atoms with Crippen molar-refractivity contribution in [2.24, 2.45) is 0 Å². The molecule has 1 atom stereocenters. The van der Waals surface area contributed by atoms with Gasteiger partial charge in [-0.2, -0.15) is 0 Å². The van der Waals surface area contributed by atoms with Crippen LogP contribution in [0.25, 0.3) is 0 Å². The highest BCUT2D eigenvalue weighted by atomic mass is 16.5. The molecule has 2 aliphatic rings. The summed E-state index contributed by atoms with van der Waals surface area (Å²) in [6.45, 7) is 0.508. The molecule has 108 valence electrons. The summed E-state index contributed by atoms with van der Waals surface area (Å²) in [4.78, 5) is 12.3. The monoisotopic (exact) mass is 290 g/mol. The van der Waals surface area contributed by atoms with Crippen molar-refractivity contribution < 1.29 is 9.53 Å². The summed E-state index contributed by atoms with van der Waals surface area (Å²) in [5, 5.41) is 6.21. The zero-order chi connectivity index (χ0) is 15.1. The maximum atomic E-state index is 12.3. The molecule has 2 aromatic carbocycles. The zero-order valence-corrected chi connectivity index (χ0v) is 12.2. The summed E-state index contributed by atoms with van der Waals surface area (Å²) in [7, 11) is 2.04. The average molecular weight is 290 g/mol. The minimum Gasteiger partial charge on any atom is -0.479 e. The Kier molecular flexibility index (Phi) is 2.93. The standard InChI is InChI=1S/C17H15BN2O2/c18-11-7-5-10(6-8-11)16-15-13(9-19-17(15)21)20-12-3-1-2-4-14(12)22-16/h1-8,16,20H,9,18H2,(H,19,21). The van der Waals surface area contributed by atoms with Gasteiger partial charge >= 0.3 is 0 Å². The number of amides is 1. The van der Waals surface area contributed by atoms with E-state index in [0.717, 1.165) is 22.7 Å². The van der Waals surface area contributed by atoms with Crippen molar-refractivity contribution in [1.29, 1.82) is 0 Å². The third-order valence-corrected chi connectivity index (χ3v) is 4.06. The van der Waals surface area contributed by atoms with E-state index in [9.17, 15) is 4.79 Å². The van der Waals surface area contributed by atoms with Crippen LogP contribution in [-0.4, -0.2) is 20.3 Å². The molecule has 0 saturated carbocycles. The van der Waals surface area contributed by atoms with E-state index >= 15 is 0 Å². The SMILES string of the molecule is Bc1ccc(C2Oc3ccccc3NC3=C2C(=O)NC3)cc1. The third kappa shape index (κ3) is 2.06. The van der Waals surface area contributed by atoms with Gasteiger partial charge in [-0.25, -0.2) is 0 Å². The summed E-state index contributed by atoms with van der Waals surface area (Å²) >= 11 is 0. The molecule has 2 N–H and O–H groups in total. The molecule has 0 bridgehead atoms. The first-order chi connectivity index (χ1) is 10.7. The number of benzene rings is 2. The van der Waals surface area contributed by atoms with Gasteiger partial charge in [0, 0.05) is 5.70 Å². The summed E-state index contributed by atoms with van der Waals surface area (Å²) in [5.74, 6) is 0.691. The van der Waals surface area contributed by atoms with E-state index in [1.807, 2.05) is 56.4 Å². The van der Waals surface area contributed by atoms with E-state index in [1.165, 1.54) is 5.46 Å². The Hall–Kier alpha value is -2.69. The maximum Gasteiger partial charge on any atom is 0.253 e. The minimum absolute atomic E-state index is 0.0686. The first kappa shape index (κ1) is 13.0. The van der Waals surface area contributed by atoms with Crippen LogP contribution in [0.4, 0.5) is 5.69 Å². The molecule has 1 amide bonds. The number of carbonyl (C=O) groups excluding carboxylic acids is 1. The molecule has 22 heavy (non-hydrogen) atoms. The van der Waals surface area contributed by atoms with Gasteiger partial charge in [0.15, 0.2) is 6.10 Å². The second-order valence-electron chi connectivity index (χ2n) is 5.60. The van der Waals surface area contributed by atoms with Crippen molar-refractivity contribution in [1.82, 2.24) is 5.32 Å². The number of para-hydroxylation sites is 2. The number of nitrogens with one attached hydrogen (secondary N) is 2. The lowest BCUT2D eigenvalue weighted by Gasteiger charge is -2.19. The first-order valence-corrected chi connectivity index (χ1v) is 7.33. The molecule has 4 nitrogen and oxygen atoms in total. The molecular weight excluding hydrogens is 275 g/mol. The fraction of sp³-hybridized carbons (Fsp3) is 0.118. The van der Waals surface area contributed by atoms with Crippen LogP contribution >= 0.6 is 0 Å². The molecule has 0 radical (unpaired) electrons. The summed E-state index contributed by atoms with van der Waals surface area (Å²) in [6, 6.07) is 15.9. The normalized spacial score (nSPS) is 19.5. The highest BCUT2D eigenvalue weighted by molar-refractivity contribution is 6.32. The molecule has 0 fully saturated rings. The van der Waals surface area contributed by atoms with Crippen LogP contribution in [0.3, 0.4) is 0 Å². The lowest BCUT2D eigenvalue weighted by molar-refractivity contribution is -0.117. The quantitative estimate of drug-likeness (QED) is 0.766. The van der Waals surface area contributed by atoms with E-state index in [1.54, 1.807) is 0 Å². The summed E-state index contributed by atoms with van der Waals surface area (Å²) < 4.78 is 6.19. The summed E-state index contributed by atoms with van der Waals surface area (Å²) in [5.41, 5.74) is 4.61. The molecule has 0 saturated heterocycles. The lowest BCUT2D eigenvalue weighted by Crippen LogP contribution is -2.23. The molecule has 0 spiro atoms. The highest BCUT2D eigenvalue weighted by Gasteiger charge is 2.35. The van der Waals surface area contributed by atoms with Crippen molar-refractivity contribution in [2.45, 2.75) is 6.10 Å². The van der Waals surface area contributed by atoms with Crippen molar-refractivity contribution in [3.8, 4) is 5.75 Å². The van der Waals surface area contributed by atoms with Gasteiger partial charge in [-0.1, -0.05) is 41.9 Å². The van der Waals surface area contributed by atoms with E-state index < -0.39 is 6.10 Å². The fourth-order valence-corrected chi connectivity index (χ4v) is 2.88. The van der Waals surface area contributed by atoms with E-state index in [-0.39, 0.29) is 5.91 Å². The molecule has 2 aliphatic heterocycles. The molecule has 0 aliphatic carbocycles. The largest absolute Gasteiger partial charge is 0.479 e. The second kappa shape index (κ2) is 4.95. The number of hydrogen-bond acceptors (Lipinski definition) is 3. The Balaban J connectivity index is 1.85. The lowest BCUT2D eigenvalue weighted by atomic mass is 9.92. The molecule has 2 aromatic rings.